The largest absolute Gasteiger partial charge is 0.508 e. The molecule has 8 heteroatoms. The molecule has 2 aromatic rings. The molecule has 1 N–H and O–H groups in total. The summed E-state index contributed by atoms with van der Waals surface area (Å²) in [6.45, 7) is 0. The SMILES string of the molecule is O=C1/C(=C/c2ccccc2[N+](=O)[O-])SC(=S)N1c1cccc(O)c1. The van der Waals surface area contributed by atoms with Crippen LogP contribution in [0.4, 0.5) is 11.4 Å². The Morgan fingerprint density at radius 3 is 2.67 bits per heavy atom. The van der Waals surface area contributed by atoms with E-state index in [2.05, 4.69) is 0 Å². The van der Waals surface area contributed by atoms with Gasteiger partial charge in [-0.25, -0.2) is 0 Å². The third-order valence-electron chi connectivity index (χ3n) is 3.30. The van der Waals surface area contributed by atoms with Crippen molar-refractivity contribution in [1.82, 2.24) is 0 Å². The van der Waals surface area contributed by atoms with Gasteiger partial charge in [0.1, 0.15) is 5.75 Å². The van der Waals surface area contributed by atoms with Crippen molar-refractivity contribution in [2.24, 2.45) is 0 Å². The lowest BCUT2D eigenvalue weighted by Crippen LogP contribution is -2.27. The highest BCUT2D eigenvalue weighted by molar-refractivity contribution is 8.27. The lowest BCUT2D eigenvalue weighted by Gasteiger charge is -2.14. The lowest BCUT2D eigenvalue weighted by atomic mass is 10.1. The first kappa shape index (κ1) is 16.2. The Hall–Kier alpha value is -2.71. The van der Waals surface area contributed by atoms with Crippen molar-refractivity contribution in [3.63, 3.8) is 0 Å². The van der Waals surface area contributed by atoms with Crippen molar-refractivity contribution in [3.8, 4) is 5.75 Å². The molecule has 1 aliphatic heterocycles. The number of carbonyl (C=O) groups excluding carboxylic acids is 1. The number of anilines is 1. The van der Waals surface area contributed by atoms with Crippen molar-refractivity contribution < 1.29 is 14.8 Å². The molecule has 0 radical (unpaired) electrons. The standard InChI is InChI=1S/C16H10N2O4S2/c19-12-6-3-5-11(9-12)17-15(20)14(24-16(17)23)8-10-4-1-2-7-13(10)18(21)22/h1-9,19H/b14-8-. The number of nitrogens with zero attached hydrogens (tertiary/aromatic N) is 2. The van der Waals surface area contributed by atoms with Crippen LogP contribution < -0.4 is 4.90 Å². The second kappa shape index (κ2) is 6.42. The van der Waals surface area contributed by atoms with Gasteiger partial charge in [-0.15, -0.1) is 0 Å². The molecule has 0 aliphatic carbocycles. The van der Waals surface area contributed by atoms with E-state index in [1.54, 1.807) is 30.3 Å². The minimum Gasteiger partial charge on any atom is -0.508 e. The molecule has 0 saturated carbocycles. The summed E-state index contributed by atoms with van der Waals surface area (Å²) in [6, 6.07) is 12.3. The molecule has 1 amide bonds. The summed E-state index contributed by atoms with van der Waals surface area (Å²) in [5.74, 6) is -0.363. The number of benzene rings is 2. The molecular weight excluding hydrogens is 348 g/mol. The van der Waals surface area contributed by atoms with E-state index in [1.165, 1.54) is 29.2 Å². The minimum absolute atomic E-state index is 0.0178. The molecule has 0 bridgehead atoms. The maximum absolute atomic E-state index is 12.6. The van der Waals surface area contributed by atoms with Gasteiger partial charge in [-0.2, -0.15) is 0 Å². The van der Waals surface area contributed by atoms with Crippen molar-refractivity contribution in [1.29, 1.82) is 0 Å². The molecule has 2 aromatic carbocycles. The van der Waals surface area contributed by atoms with E-state index in [-0.39, 0.29) is 22.2 Å². The molecule has 0 atom stereocenters. The third kappa shape index (κ3) is 3.01. The summed E-state index contributed by atoms with van der Waals surface area (Å²) in [7, 11) is 0. The van der Waals surface area contributed by atoms with Crippen molar-refractivity contribution in [2.45, 2.75) is 0 Å². The van der Waals surface area contributed by atoms with E-state index in [0.29, 0.717) is 15.6 Å². The van der Waals surface area contributed by atoms with E-state index < -0.39 is 4.92 Å². The van der Waals surface area contributed by atoms with Crippen LogP contribution in [0.25, 0.3) is 6.08 Å². The summed E-state index contributed by atoms with van der Waals surface area (Å²) in [5, 5.41) is 20.7. The van der Waals surface area contributed by atoms with Crippen LogP contribution in [0.2, 0.25) is 0 Å². The monoisotopic (exact) mass is 358 g/mol. The van der Waals surface area contributed by atoms with Crippen LogP contribution in [0.1, 0.15) is 5.56 Å². The molecule has 1 fully saturated rings. The highest BCUT2D eigenvalue weighted by Gasteiger charge is 2.33. The van der Waals surface area contributed by atoms with Gasteiger partial charge in [0.2, 0.25) is 0 Å². The van der Waals surface area contributed by atoms with Gasteiger partial charge in [0.05, 0.1) is 21.1 Å². The van der Waals surface area contributed by atoms with E-state index in [0.717, 1.165) is 11.8 Å². The molecular formula is C16H10N2O4S2. The maximum atomic E-state index is 12.6. The fourth-order valence-corrected chi connectivity index (χ4v) is 3.53. The first-order chi connectivity index (χ1) is 11.5. The zero-order chi connectivity index (χ0) is 17.3. The quantitative estimate of drug-likeness (QED) is 0.390. The number of phenols is 1. The van der Waals surface area contributed by atoms with Crippen molar-refractivity contribution in [3.05, 3.63) is 69.1 Å². The number of thioether (sulfide) groups is 1. The number of hydrogen-bond donors (Lipinski definition) is 1. The molecule has 1 heterocycles. The smallest absolute Gasteiger partial charge is 0.276 e. The summed E-state index contributed by atoms with van der Waals surface area (Å²) in [5.41, 5.74) is 0.697. The highest BCUT2D eigenvalue weighted by Crippen LogP contribution is 2.37. The van der Waals surface area contributed by atoms with Gasteiger partial charge in [0.25, 0.3) is 11.6 Å². The Morgan fingerprint density at radius 2 is 1.96 bits per heavy atom. The van der Waals surface area contributed by atoms with Crippen molar-refractivity contribution >= 4 is 51.7 Å². The molecule has 24 heavy (non-hydrogen) atoms. The van der Waals surface area contributed by atoms with Gasteiger partial charge in [-0.1, -0.05) is 42.2 Å². The van der Waals surface area contributed by atoms with Crippen LogP contribution in [-0.2, 0) is 4.79 Å². The predicted octanol–water partition coefficient (Wildman–Crippen LogP) is 3.71. The normalized spacial score (nSPS) is 16.0. The Morgan fingerprint density at radius 1 is 1.21 bits per heavy atom. The van der Waals surface area contributed by atoms with Crippen molar-refractivity contribution in [2.75, 3.05) is 4.90 Å². The predicted molar refractivity (Wildman–Crippen MR) is 96.9 cm³/mol. The van der Waals surface area contributed by atoms with Gasteiger partial charge < -0.3 is 5.11 Å². The maximum Gasteiger partial charge on any atom is 0.276 e. The minimum atomic E-state index is -0.498. The van der Waals surface area contributed by atoms with Gasteiger partial charge in [-0.3, -0.25) is 19.8 Å². The second-order valence-electron chi connectivity index (χ2n) is 4.85. The number of amides is 1. The summed E-state index contributed by atoms with van der Waals surface area (Å²) in [4.78, 5) is 24.8. The molecule has 1 saturated heterocycles. The van der Waals surface area contributed by atoms with Crippen LogP contribution in [-0.4, -0.2) is 20.3 Å². The first-order valence-corrected chi connectivity index (χ1v) is 8.00. The Balaban J connectivity index is 1.99. The van der Waals surface area contributed by atoms with E-state index in [4.69, 9.17) is 12.2 Å². The number of para-hydroxylation sites is 1. The van der Waals surface area contributed by atoms with Crippen LogP contribution >= 0.6 is 24.0 Å². The number of nitro benzene ring substituents is 1. The number of rotatable bonds is 3. The number of thiocarbonyl (C=S) groups is 1. The molecule has 0 aromatic heterocycles. The van der Waals surface area contributed by atoms with Crippen LogP contribution in [0, 0.1) is 10.1 Å². The Labute approximate surface area is 146 Å². The molecule has 120 valence electrons. The lowest BCUT2D eigenvalue weighted by molar-refractivity contribution is -0.385. The fourth-order valence-electron chi connectivity index (χ4n) is 2.24. The number of carbonyl (C=O) groups is 1. The van der Waals surface area contributed by atoms with Crippen LogP contribution in [0.3, 0.4) is 0 Å². The zero-order valence-electron chi connectivity index (χ0n) is 12.1. The fraction of sp³-hybridized carbons (Fsp3) is 0. The average molecular weight is 358 g/mol. The number of nitro groups is 1. The molecule has 3 rings (SSSR count). The number of hydrogen-bond acceptors (Lipinski definition) is 6. The molecule has 1 aliphatic rings. The zero-order valence-corrected chi connectivity index (χ0v) is 13.7. The summed E-state index contributed by atoms with van der Waals surface area (Å²) >= 11 is 6.29. The van der Waals surface area contributed by atoms with Gasteiger partial charge in [0, 0.05) is 12.1 Å². The number of aromatic hydroxyl groups is 1. The first-order valence-electron chi connectivity index (χ1n) is 6.78. The summed E-state index contributed by atoms with van der Waals surface area (Å²) in [6.07, 6.45) is 1.46. The summed E-state index contributed by atoms with van der Waals surface area (Å²) < 4.78 is 0.301. The molecule has 0 spiro atoms. The van der Waals surface area contributed by atoms with Crippen LogP contribution in [0.15, 0.2) is 53.4 Å². The van der Waals surface area contributed by atoms with Gasteiger partial charge in [-0.05, 0) is 24.3 Å². The third-order valence-corrected chi connectivity index (χ3v) is 4.60. The van der Waals surface area contributed by atoms with Gasteiger partial charge in [0.15, 0.2) is 4.32 Å². The second-order valence-corrected chi connectivity index (χ2v) is 6.53. The van der Waals surface area contributed by atoms with E-state index >= 15 is 0 Å². The van der Waals surface area contributed by atoms with E-state index in [1.807, 2.05) is 0 Å². The molecule has 6 nitrogen and oxygen atoms in total. The number of phenolic OH excluding ortho intramolecular Hbond substituents is 1. The topological polar surface area (TPSA) is 83.7 Å². The van der Waals surface area contributed by atoms with Gasteiger partial charge >= 0.3 is 0 Å². The Bertz CT molecular complexity index is 895. The Kier molecular flexibility index (Phi) is 4.32. The van der Waals surface area contributed by atoms with E-state index in [9.17, 15) is 20.0 Å². The highest BCUT2D eigenvalue weighted by atomic mass is 32.2. The average Bonchev–Trinajstić information content (AvgIpc) is 2.81. The molecule has 0 unspecified atom stereocenters. The van der Waals surface area contributed by atoms with Crippen LogP contribution in [0.5, 0.6) is 5.75 Å².